The second kappa shape index (κ2) is 30.7. The lowest BCUT2D eigenvalue weighted by molar-refractivity contribution is -0.156. The molecule has 3 fully saturated rings. The maximum absolute atomic E-state index is 13.5. The van der Waals surface area contributed by atoms with E-state index in [1.54, 1.807) is 65.9 Å². The summed E-state index contributed by atoms with van der Waals surface area (Å²) in [6.07, 6.45) is 8.94. The number of amides is 4. The Hall–Kier alpha value is -7.49. The number of alkyl halides is 1. The molecule has 4 aromatic rings. The Morgan fingerprint density at radius 1 is 0.614 bits per heavy atom. The second-order valence-electron chi connectivity index (χ2n) is 22.5. The quantitative estimate of drug-likeness (QED) is 0.0462. The predicted molar refractivity (Wildman–Crippen MR) is 322 cm³/mol. The summed E-state index contributed by atoms with van der Waals surface area (Å²) in [5, 5.41) is 9.37. The van der Waals surface area contributed by atoms with Gasteiger partial charge in [-0.1, -0.05) is 24.3 Å². The first kappa shape index (κ1) is 64.7. The molecule has 23 heteroatoms. The second-order valence-corrected chi connectivity index (χ2v) is 22.8. The molecule has 5 heterocycles. The minimum Gasteiger partial charge on any atom is -0.458 e. The summed E-state index contributed by atoms with van der Waals surface area (Å²) < 4.78 is 22.6. The highest BCUT2D eigenvalue weighted by atomic mass is 35.5. The fourth-order valence-corrected chi connectivity index (χ4v) is 9.49. The van der Waals surface area contributed by atoms with Crippen LogP contribution in [0.2, 0.25) is 0 Å². The standard InChI is InChI=1S/C30H43ClN6O5.C30H42N6O5/c1-6-36(7-2)28-32-20-24(33-25(38)11-10-16-31)26(35-28)34-23(27(39)42-30(3,4)5)19-21-12-14-22(15-13-21)41-29(40)37-17-8-9-18-37;1-6-34(7-2)28-31-20-24(36-18-10-11-25(36)37)26(33-28)32-23(27(38)41-30(3,4)5)19-21-12-14-22(15-13-21)40-29(39)35-16-8-9-17-35/h12-15,20,23H,6-11,16-19H2,1-5H3,(H,33,38)(H,32,34,35);12-15,20,23H,6-11,16-19H2,1-5H3,(H,31,32,33)/t2*23-/m00/s1. The zero-order valence-electron chi connectivity index (χ0n) is 50.1. The molecule has 0 unspecified atom stereocenters. The van der Waals surface area contributed by atoms with Gasteiger partial charge in [-0.2, -0.15) is 9.97 Å². The van der Waals surface area contributed by atoms with Gasteiger partial charge in [0.2, 0.25) is 23.7 Å². The first-order chi connectivity index (χ1) is 39.6. The number of benzene rings is 2. The maximum atomic E-state index is 13.5. The number of halogens is 1. The third-order valence-electron chi connectivity index (χ3n) is 13.7. The van der Waals surface area contributed by atoms with Gasteiger partial charge in [-0.05, 0) is 143 Å². The monoisotopic (exact) mass is 1170 g/mol. The normalized spacial score (nSPS) is 14.9. The fraction of sp³-hybridized carbons (Fsp3) is 0.567. The molecule has 2 aromatic heterocycles. The van der Waals surface area contributed by atoms with Gasteiger partial charge in [0.25, 0.3) is 0 Å². The first-order valence-corrected chi connectivity index (χ1v) is 29.6. The zero-order valence-corrected chi connectivity index (χ0v) is 50.8. The minimum absolute atomic E-state index is 0.000114. The molecule has 2 aromatic carbocycles. The lowest BCUT2D eigenvalue weighted by atomic mass is 10.0. The number of nitrogens with zero attached hydrogens (tertiary/aromatic N) is 9. The Labute approximate surface area is 493 Å². The van der Waals surface area contributed by atoms with Gasteiger partial charge in [-0.25, -0.2) is 29.1 Å². The molecule has 3 aliphatic rings. The van der Waals surface area contributed by atoms with Crippen molar-refractivity contribution < 1.29 is 47.7 Å². The summed E-state index contributed by atoms with van der Waals surface area (Å²) in [6, 6.07) is 12.5. The highest BCUT2D eigenvalue weighted by Gasteiger charge is 2.32. The van der Waals surface area contributed by atoms with Crippen molar-refractivity contribution in [2.75, 3.05) is 95.4 Å². The molecule has 3 N–H and O–H groups in total. The largest absolute Gasteiger partial charge is 0.458 e. The smallest absolute Gasteiger partial charge is 0.415 e. The number of aromatic nitrogens is 4. The number of anilines is 6. The van der Waals surface area contributed by atoms with Crippen molar-refractivity contribution in [1.29, 1.82) is 0 Å². The molecular weight excluding hydrogens is 1080 g/mol. The number of carbonyl (C=O) groups excluding carboxylic acids is 6. The van der Waals surface area contributed by atoms with Gasteiger partial charge in [-0.3, -0.25) is 9.59 Å². The maximum Gasteiger partial charge on any atom is 0.415 e. The molecule has 3 saturated heterocycles. The SMILES string of the molecule is CCN(CC)c1ncc(N2CCCC2=O)c(N[C@@H](Cc2ccc(OC(=O)N3CCCC3)cc2)C(=O)OC(C)(C)C)n1.CCN(CC)c1ncc(NC(=O)CCCCl)c(N[C@@H](Cc2ccc(OC(=O)N3CCCC3)cc2)C(=O)OC(C)(C)C)n1. The molecule has 4 amide bonds. The van der Waals surface area contributed by atoms with Gasteiger partial charge in [0, 0.05) is 90.5 Å². The molecule has 83 heavy (non-hydrogen) atoms. The van der Waals surface area contributed by atoms with Crippen molar-refractivity contribution in [3.63, 3.8) is 0 Å². The lowest BCUT2D eigenvalue weighted by Gasteiger charge is -2.28. The summed E-state index contributed by atoms with van der Waals surface area (Å²) in [6.45, 7) is 25.1. The predicted octanol–water partition coefficient (Wildman–Crippen LogP) is 9.65. The summed E-state index contributed by atoms with van der Waals surface area (Å²) in [7, 11) is 0. The number of esters is 2. The lowest BCUT2D eigenvalue weighted by Crippen LogP contribution is -2.39. The van der Waals surface area contributed by atoms with Crippen LogP contribution in [0.4, 0.5) is 44.5 Å². The van der Waals surface area contributed by atoms with Crippen LogP contribution >= 0.6 is 11.6 Å². The topological polar surface area (TPSA) is 243 Å². The zero-order chi connectivity index (χ0) is 60.3. The fourth-order valence-electron chi connectivity index (χ4n) is 9.36. The van der Waals surface area contributed by atoms with E-state index in [1.165, 1.54) is 6.20 Å². The third kappa shape index (κ3) is 19.8. The molecule has 0 bridgehead atoms. The van der Waals surface area contributed by atoms with Gasteiger partial charge in [0.15, 0.2) is 11.6 Å². The van der Waals surface area contributed by atoms with Crippen LogP contribution in [-0.4, -0.2) is 154 Å². The van der Waals surface area contributed by atoms with E-state index in [0.717, 1.165) is 43.2 Å². The highest BCUT2D eigenvalue weighted by molar-refractivity contribution is 6.18. The molecule has 0 saturated carbocycles. The van der Waals surface area contributed by atoms with Crippen molar-refractivity contribution in [2.45, 2.75) is 157 Å². The van der Waals surface area contributed by atoms with Gasteiger partial charge < -0.3 is 59.4 Å². The Kier molecular flexibility index (Phi) is 23.9. The number of rotatable bonds is 23. The Bertz CT molecular complexity index is 2790. The Balaban J connectivity index is 0.000000267. The number of ether oxygens (including phenoxy) is 4. The Morgan fingerprint density at radius 3 is 1.46 bits per heavy atom. The molecule has 22 nitrogen and oxygen atoms in total. The number of hydrogen-bond acceptors (Lipinski definition) is 18. The number of likely N-dealkylation sites (tertiary alicyclic amines) is 2. The van der Waals surface area contributed by atoms with Crippen LogP contribution in [-0.2, 0) is 41.5 Å². The summed E-state index contributed by atoms with van der Waals surface area (Å²) >= 11 is 5.76. The van der Waals surface area contributed by atoms with Crippen LogP contribution in [0.1, 0.15) is 132 Å². The average Bonchev–Trinajstić information content (AvgIpc) is 4.35. The van der Waals surface area contributed by atoms with Crippen LogP contribution in [0.25, 0.3) is 0 Å². The number of nitrogens with one attached hydrogen (secondary N) is 3. The van der Waals surface area contributed by atoms with Crippen LogP contribution in [0.5, 0.6) is 11.5 Å². The van der Waals surface area contributed by atoms with Crippen LogP contribution in [0.3, 0.4) is 0 Å². The van der Waals surface area contributed by atoms with E-state index >= 15 is 0 Å². The number of carbonyl (C=O) groups is 6. The van der Waals surface area contributed by atoms with E-state index in [1.807, 2.05) is 82.5 Å². The molecule has 452 valence electrons. The average molecular weight is 1170 g/mol. The van der Waals surface area contributed by atoms with Gasteiger partial charge >= 0.3 is 24.1 Å². The van der Waals surface area contributed by atoms with Crippen LogP contribution < -0.4 is 40.1 Å². The molecular formula is C60H85ClN12O10. The Morgan fingerprint density at radius 2 is 1.05 bits per heavy atom. The van der Waals surface area contributed by atoms with Crippen LogP contribution in [0.15, 0.2) is 60.9 Å². The minimum atomic E-state index is -0.847. The van der Waals surface area contributed by atoms with E-state index in [4.69, 9.17) is 35.5 Å². The molecule has 7 rings (SSSR count). The van der Waals surface area contributed by atoms with E-state index in [9.17, 15) is 28.8 Å². The van der Waals surface area contributed by atoms with Crippen LogP contribution in [0, 0.1) is 0 Å². The van der Waals surface area contributed by atoms with Crippen molar-refractivity contribution in [2.24, 2.45) is 0 Å². The summed E-state index contributed by atoms with van der Waals surface area (Å²) in [5.74, 6) is 1.79. The van der Waals surface area contributed by atoms with Crippen molar-refractivity contribution in [3.05, 3.63) is 72.1 Å². The molecule has 0 aliphatic carbocycles. The van der Waals surface area contributed by atoms with Gasteiger partial charge in [-0.15, -0.1) is 11.6 Å². The van der Waals surface area contributed by atoms with E-state index < -0.39 is 35.2 Å². The summed E-state index contributed by atoms with van der Waals surface area (Å²) in [5.41, 5.74) is 1.12. The van der Waals surface area contributed by atoms with Gasteiger partial charge in [0.05, 0.1) is 12.4 Å². The molecule has 2 atom stereocenters. The van der Waals surface area contributed by atoms with Crippen molar-refractivity contribution >= 4 is 82.4 Å². The number of hydrogen-bond donors (Lipinski definition) is 3. The van der Waals surface area contributed by atoms with E-state index in [-0.39, 0.29) is 43.3 Å². The first-order valence-electron chi connectivity index (χ1n) is 29.1. The van der Waals surface area contributed by atoms with Gasteiger partial charge in [0.1, 0.15) is 46.2 Å². The molecule has 0 spiro atoms. The molecule has 0 radical (unpaired) electrons. The van der Waals surface area contributed by atoms with E-state index in [2.05, 4.69) is 30.9 Å². The van der Waals surface area contributed by atoms with Crippen molar-refractivity contribution in [1.82, 2.24) is 29.7 Å². The highest BCUT2D eigenvalue weighted by Crippen LogP contribution is 2.32. The van der Waals surface area contributed by atoms with Crippen molar-refractivity contribution in [3.8, 4) is 11.5 Å². The van der Waals surface area contributed by atoms with E-state index in [0.29, 0.717) is 124 Å². The summed E-state index contributed by atoms with van der Waals surface area (Å²) in [4.78, 5) is 104. The third-order valence-corrected chi connectivity index (χ3v) is 13.9. The molecule has 3 aliphatic heterocycles.